The van der Waals surface area contributed by atoms with Crippen LogP contribution in [-0.2, 0) is 30.6 Å². The molecule has 2 aromatic carbocycles. The highest BCUT2D eigenvalue weighted by Crippen LogP contribution is 2.31. The third kappa shape index (κ3) is 4.87. The number of sulfonamides is 1. The summed E-state index contributed by atoms with van der Waals surface area (Å²) in [5, 5.41) is 5.34. The van der Waals surface area contributed by atoms with Gasteiger partial charge in [0, 0.05) is 18.8 Å². The second-order valence-corrected chi connectivity index (χ2v) is 12.4. The van der Waals surface area contributed by atoms with E-state index in [4.69, 9.17) is 0 Å². The second kappa shape index (κ2) is 9.33. The van der Waals surface area contributed by atoms with Crippen LogP contribution in [0.2, 0.25) is 0 Å². The maximum Gasteiger partial charge on any atom is 0.325 e. The predicted molar refractivity (Wildman–Crippen MR) is 136 cm³/mol. The molecule has 2 saturated heterocycles. The molecule has 0 bridgehead atoms. The van der Waals surface area contributed by atoms with E-state index in [9.17, 15) is 22.8 Å². The zero-order valence-electron chi connectivity index (χ0n) is 21.0. The summed E-state index contributed by atoms with van der Waals surface area (Å²) in [6.07, 6.45) is 1.69. The van der Waals surface area contributed by atoms with Crippen molar-refractivity contribution in [1.82, 2.24) is 14.5 Å². The number of rotatable bonds is 6. The highest BCUT2D eigenvalue weighted by atomic mass is 32.2. The quantitative estimate of drug-likeness (QED) is 0.577. The van der Waals surface area contributed by atoms with Gasteiger partial charge in [-0.3, -0.25) is 14.5 Å². The normalized spacial score (nSPS) is 21.1. The minimum Gasteiger partial charge on any atom is -0.325 e. The number of nitrogens with zero attached hydrogens (tertiary/aromatic N) is 2. The molecule has 36 heavy (non-hydrogen) atoms. The van der Waals surface area contributed by atoms with Crippen LogP contribution in [0.15, 0.2) is 53.4 Å². The average Bonchev–Trinajstić information content (AvgIpc) is 3.44. The van der Waals surface area contributed by atoms with E-state index in [0.29, 0.717) is 24.3 Å². The van der Waals surface area contributed by atoms with E-state index >= 15 is 0 Å². The zero-order valence-corrected chi connectivity index (χ0v) is 21.8. The van der Waals surface area contributed by atoms with Crippen molar-refractivity contribution < 1.29 is 22.8 Å². The van der Waals surface area contributed by atoms with Gasteiger partial charge < -0.3 is 10.6 Å². The third-order valence-electron chi connectivity index (χ3n) is 6.75. The molecular weight excluding hydrogens is 480 g/mol. The average molecular weight is 513 g/mol. The Kier molecular flexibility index (Phi) is 6.70. The van der Waals surface area contributed by atoms with Crippen LogP contribution in [0.25, 0.3) is 0 Å². The van der Waals surface area contributed by atoms with E-state index in [1.165, 1.54) is 28.6 Å². The van der Waals surface area contributed by atoms with E-state index in [0.717, 1.165) is 23.3 Å². The van der Waals surface area contributed by atoms with Crippen molar-refractivity contribution in [2.24, 2.45) is 0 Å². The number of hydrogen-bond donors (Lipinski definition) is 2. The van der Waals surface area contributed by atoms with Crippen molar-refractivity contribution in [2.75, 3.05) is 25.0 Å². The standard InChI is InChI=1S/C26H32N4O5S/c1-25(2,3)18-7-9-19(10-8-18)26(4)23(32)30(24(33)28-26)17-22(31)27-20-11-13-21(14-12-20)36(34,35)29-15-5-6-16-29/h7-14H,5-6,15-17H2,1-4H3,(H,27,31)(H,28,33). The molecule has 2 N–H and O–H groups in total. The largest absolute Gasteiger partial charge is 0.325 e. The smallest absolute Gasteiger partial charge is 0.325 e. The van der Waals surface area contributed by atoms with Crippen molar-refractivity contribution in [1.29, 1.82) is 0 Å². The molecule has 2 aromatic rings. The number of nitrogens with one attached hydrogen (secondary N) is 2. The third-order valence-corrected chi connectivity index (χ3v) is 8.66. The second-order valence-electron chi connectivity index (χ2n) is 10.5. The molecule has 0 aromatic heterocycles. The fraction of sp³-hybridized carbons (Fsp3) is 0.423. The first kappa shape index (κ1) is 25.8. The summed E-state index contributed by atoms with van der Waals surface area (Å²) in [6.45, 7) is 8.44. The molecule has 0 radical (unpaired) electrons. The van der Waals surface area contributed by atoms with Crippen LogP contribution >= 0.6 is 0 Å². The van der Waals surface area contributed by atoms with Crippen LogP contribution in [0, 0.1) is 0 Å². The Morgan fingerprint density at radius 2 is 1.58 bits per heavy atom. The van der Waals surface area contributed by atoms with Crippen LogP contribution in [0.4, 0.5) is 10.5 Å². The molecule has 2 heterocycles. The number of imide groups is 1. The van der Waals surface area contributed by atoms with Crippen molar-refractivity contribution >= 4 is 33.6 Å². The van der Waals surface area contributed by atoms with Crippen LogP contribution in [0.3, 0.4) is 0 Å². The molecule has 2 aliphatic rings. The van der Waals surface area contributed by atoms with Gasteiger partial charge in [0.1, 0.15) is 12.1 Å². The van der Waals surface area contributed by atoms with Crippen molar-refractivity contribution in [3.63, 3.8) is 0 Å². The summed E-state index contributed by atoms with van der Waals surface area (Å²) in [7, 11) is -3.55. The highest BCUT2D eigenvalue weighted by molar-refractivity contribution is 7.89. The molecule has 0 saturated carbocycles. The van der Waals surface area contributed by atoms with Gasteiger partial charge in [-0.1, -0.05) is 45.0 Å². The van der Waals surface area contributed by atoms with Gasteiger partial charge in [-0.2, -0.15) is 4.31 Å². The van der Waals surface area contributed by atoms with Crippen molar-refractivity contribution in [3.05, 3.63) is 59.7 Å². The Bertz CT molecular complexity index is 1280. The van der Waals surface area contributed by atoms with Crippen LogP contribution in [0.5, 0.6) is 0 Å². The summed E-state index contributed by atoms with van der Waals surface area (Å²) >= 11 is 0. The van der Waals surface area contributed by atoms with Gasteiger partial charge in [0.2, 0.25) is 15.9 Å². The van der Waals surface area contributed by atoms with Crippen molar-refractivity contribution in [3.8, 4) is 0 Å². The van der Waals surface area contributed by atoms with Gasteiger partial charge in [-0.05, 0) is 60.6 Å². The first-order valence-electron chi connectivity index (χ1n) is 12.0. The maximum absolute atomic E-state index is 13.2. The predicted octanol–water partition coefficient (Wildman–Crippen LogP) is 3.17. The first-order valence-corrected chi connectivity index (χ1v) is 13.4. The Hall–Kier alpha value is -3.24. The lowest BCUT2D eigenvalue weighted by Gasteiger charge is -2.24. The van der Waals surface area contributed by atoms with Crippen LogP contribution in [-0.4, -0.2) is 55.1 Å². The molecule has 192 valence electrons. The van der Waals surface area contributed by atoms with Crippen molar-refractivity contribution in [2.45, 2.75) is 56.4 Å². The van der Waals surface area contributed by atoms with E-state index in [-0.39, 0.29) is 10.3 Å². The Balaban J connectivity index is 1.42. The topological polar surface area (TPSA) is 116 Å². The summed E-state index contributed by atoms with van der Waals surface area (Å²) < 4.78 is 26.8. The van der Waals surface area contributed by atoms with Gasteiger partial charge in [0.05, 0.1) is 4.90 Å². The molecular formula is C26H32N4O5S. The minimum absolute atomic E-state index is 0.0525. The summed E-state index contributed by atoms with van der Waals surface area (Å²) in [5.41, 5.74) is 0.768. The summed E-state index contributed by atoms with van der Waals surface area (Å²) in [5.74, 6) is -1.08. The lowest BCUT2D eigenvalue weighted by Crippen LogP contribution is -2.42. The molecule has 1 unspecified atom stereocenters. The first-order chi connectivity index (χ1) is 16.8. The monoisotopic (exact) mass is 512 g/mol. The number of carbonyl (C=O) groups is 3. The molecule has 10 heteroatoms. The molecule has 0 aliphatic carbocycles. The van der Waals surface area contributed by atoms with Gasteiger partial charge in [0.15, 0.2) is 0 Å². The Labute approximate surface area is 211 Å². The van der Waals surface area contributed by atoms with Gasteiger partial charge in [-0.25, -0.2) is 13.2 Å². The zero-order chi connectivity index (χ0) is 26.3. The molecule has 4 amide bonds. The van der Waals surface area contributed by atoms with Gasteiger partial charge in [0.25, 0.3) is 5.91 Å². The molecule has 2 aliphatic heterocycles. The number of hydrogen-bond acceptors (Lipinski definition) is 5. The number of urea groups is 1. The van der Waals surface area contributed by atoms with Gasteiger partial charge >= 0.3 is 6.03 Å². The van der Waals surface area contributed by atoms with E-state index in [2.05, 4.69) is 31.4 Å². The highest BCUT2D eigenvalue weighted by Gasteiger charge is 2.49. The SMILES string of the molecule is CC(C)(C)c1ccc(C2(C)NC(=O)N(CC(=O)Nc3ccc(S(=O)(=O)N4CCCC4)cc3)C2=O)cc1. The van der Waals surface area contributed by atoms with Crippen LogP contribution < -0.4 is 10.6 Å². The maximum atomic E-state index is 13.2. The molecule has 0 spiro atoms. The van der Waals surface area contributed by atoms with E-state index in [1.54, 1.807) is 6.92 Å². The molecule has 4 rings (SSSR count). The Morgan fingerprint density at radius 3 is 2.14 bits per heavy atom. The number of carbonyl (C=O) groups excluding carboxylic acids is 3. The van der Waals surface area contributed by atoms with E-state index in [1.807, 2.05) is 24.3 Å². The molecule has 1 atom stereocenters. The summed E-state index contributed by atoms with van der Waals surface area (Å²) in [4.78, 5) is 39.5. The number of amides is 4. The van der Waals surface area contributed by atoms with Gasteiger partial charge in [-0.15, -0.1) is 0 Å². The number of anilines is 1. The fourth-order valence-corrected chi connectivity index (χ4v) is 5.99. The lowest BCUT2D eigenvalue weighted by molar-refractivity contribution is -0.133. The lowest BCUT2D eigenvalue weighted by atomic mass is 9.84. The van der Waals surface area contributed by atoms with E-state index < -0.39 is 40.0 Å². The molecule has 9 nitrogen and oxygen atoms in total. The molecule has 2 fully saturated rings. The fourth-order valence-electron chi connectivity index (χ4n) is 4.47. The number of benzene rings is 2. The Morgan fingerprint density at radius 1 is 1.00 bits per heavy atom. The summed E-state index contributed by atoms with van der Waals surface area (Å²) in [6, 6.07) is 12.7. The van der Waals surface area contributed by atoms with Crippen LogP contribution in [0.1, 0.15) is 51.7 Å². The minimum atomic E-state index is -3.55.